The number of rotatable bonds is 7. The Balaban J connectivity index is 1.75. The maximum Gasteiger partial charge on any atom is 0.306 e. The Labute approximate surface area is 138 Å². The van der Waals surface area contributed by atoms with Gasteiger partial charge in [0, 0.05) is 6.04 Å². The van der Waals surface area contributed by atoms with Crippen LogP contribution >= 0.6 is 0 Å². The van der Waals surface area contributed by atoms with Crippen molar-refractivity contribution in [1.82, 2.24) is 5.32 Å². The van der Waals surface area contributed by atoms with Gasteiger partial charge in [-0.25, -0.2) is 0 Å². The molecule has 1 aromatic rings. The van der Waals surface area contributed by atoms with Gasteiger partial charge in [-0.3, -0.25) is 9.59 Å². The predicted octanol–water partition coefficient (Wildman–Crippen LogP) is 3.33. The molecule has 1 aromatic carbocycles. The van der Waals surface area contributed by atoms with Crippen LogP contribution in [0.1, 0.15) is 56.6 Å². The van der Waals surface area contributed by atoms with Crippen LogP contribution in [0.4, 0.5) is 0 Å². The lowest BCUT2D eigenvalue weighted by Crippen LogP contribution is -2.39. The fraction of sp³-hybridized carbons (Fsp3) is 0.579. The highest BCUT2D eigenvalue weighted by Gasteiger charge is 2.26. The van der Waals surface area contributed by atoms with Crippen LogP contribution in [0.2, 0.25) is 0 Å². The van der Waals surface area contributed by atoms with Gasteiger partial charge in [0.15, 0.2) is 0 Å². The van der Waals surface area contributed by atoms with Crippen molar-refractivity contribution in [2.45, 2.75) is 64.3 Å². The number of carbonyl (C=O) groups excluding carboxylic acids is 1. The van der Waals surface area contributed by atoms with E-state index in [9.17, 15) is 9.59 Å². The Morgan fingerprint density at radius 3 is 2.26 bits per heavy atom. The van der Waals surface area contributed by atoms with Gasteiger partial charge in [0.25, 0.3) is 0 Å². The van der Waals surface area contributed by atoms with Crippen molar-refractivity contribution in [3.05, 3.63) is 35.4 Å². The van der Waals surface area contributed by atoms with Gasteiger partial charge in [-0.15, -0.1) is 0 Å². The van der Waals surface area contributed by atoms with Crippen LogP contribution in [-0.2, 0) is 22.4 Å². The smallest absolute Gasteiger partial charge is 0.306 e. The van der Waals surface area contributed by atoms with E-state index in [-0.39, 0.29) is 17.9 Å². The van der Waals surface area contributed by atoms with E-state index in [0.29, 0.717) is 19.3 Å². The van der Waals surface area contributed by atoms with Gasteiger partial charge in [-0.05, 0) is 49.7 Å². The van der Waals surface area contributed by atoms with Crippen LogP contribution in [0.3, 0.4) is 0 Å². The molecule has 0 heterocycles. The number of nitrogens with one attached hydrogen (secondary N) is 1. The molecule has 23 heavy (non-hydrogen) atoms. The molecule has 0 spiro atoms. The number of carbonyl (C=O) groups is 2. The van der Waals surface area contributed by atoms with Crippen LogP contribution in [0.15, 0.2) is 24.3 Å². The molecule has 1 fully saturated rings. The molecule has 0 unspecified atom stereocenters. The topological polar surface area (TPSA) is 66.4 Å². The van der Waals surface area contributed by atoms with Gasteiger partial charge < -0.3 is 10.4 Å². The molecule has 0 saturated heterocycles. The summed E-state index contributed by atoms with van der Waals surface area (Å²) in [5.41, 5.74) is 2.35. The molecule has 1 aliphatic carbocycles. The number of carboxylic acids is 1. The van der Waals surface area contributed by atoms with E-state index in [1.807, 2.05) is 12.1 Å². The van der Waals surface area contributed by atoms with Gasteiger partial charge in [0.05, 0.1) is 12.3 Å². The number of aliphatic carboxylic acids is 1. The van der Waals surface area contributed by atoms with E-state index in [0.717, 1.165) is 24.8 Å². The molecule has 1 amide bonds. The maximum absolute atomic E-state index is 12.1. The largest absolute Gasteiger partial charge is 0.481 e. The zero-order chi connectivity index (χ0) is 16.7. The number of unbranched alkanes of at least 4 members (excludes halogenated alkanes) is 1. The molecule has 0 radical (unpaired) electrons. The molecule has 0 bridgehead atoms. The molecule has 4 heteroatoms. The first-order valence-corrected chi connectivity index (χ1v) is 8.68. The number of carboxylic acid groups (broad SMARTS) is 1. The Morgan fingerprint density at radius 2 is 1.70 bits per heavy atom. The first-order chi connectivity index (χ1) is 11.1. The second-order valence-electron chi connectivity index (χ2n) is 6.55. The molecule has 4 nitrogen and oxygen atoms in total. The molecule has 2 rings (SSSR count). The average molecular weight is 317 g/mol. The van der Waals surface area contributed by atoms with Crippen molar-refractivity contribution < 1.29 is 14.7 Å². The second kappa shape index (κ2) is 8.70. The Bertz CT molecular complexity index is 516. The molecule has 0 atom stereocenters. The van der Waals surface area contributed by atoms with Gasteiger partial charge in [-0.2, -0.15) is 0 Å². The minimum Gasteiger partial charge on any atom is -0.481 e. The third-order valence-corrected chi connectivity index (χ3v) is 4.65. The Morgan fingerprint density at radius 1 is 1.09 bits per heavy atom. The van der Waals surface area contributed by atoms with Gasteiger partial charge in [0.1, 0.15) is 0 Å². The average Bonchev–Trinajstić information content (AvgIpc) is 2.54. The second-order valence-corrected chi connectivity index (χ2v) is 6.55. The molecular formula is C19H27NO3. The van der Waals surface area contributed by atoms with E-state index in [1.165, 1.54) is 18.4 Å². The third kappa shape index (κ3) is 5.70. The third-order valence-electron chi connectivity index (χ3n) is 4.65. The quantitative estimate of drug-likeness (QED) is 0.810. The van der Waals surface area contributed by atoms with Crippen molar-refractivity contribution in [2.75, 3.05) is 0 Å². The molecule has 2 N–H and O–H groups in total. The van der Waals surface area contributed by atoms with Crippen LogP contribution in [-0.4, -0.2) is 23.0 Å². The molecular weight excluding hydrogens is 290 g/mol. The van der Waals surface area contributed by atoms with E-state index >= 15 is 0 Å². The van der Waals surface area contributed by atoms with Gasteiger partial charge >= 0.3 is 5.97 Å². The molecule has 0 aliphatic heterocycles. The van der Waals surface area contributed by atoms with E-state index in [1.54, 1.807) is 0 Å². The zero-order valence-electron chi connectivity index (χ0n) is 13.9. The molecule has 1 saturated carbocycles. The van der Waals surface area contributed by atoms with Crippen molar-refractivity contribution in [3.63, 3.8) is 0 Å². The summed E-state index contributed by atoms with van der Waals surface area (Å²) >= 11 is 0. The molecule has 0 aromatic heterocycles. The first-order valence-electron chi connectivity index (χ1n) is 8.68. The normalized spacial score (nSPS) is 20.9. The minimum absolute atomic E-state index is 0.0325. The summed E-state index contributed by atoms with van der Waals surface area (Å²) in [7, 11) is 0. The number of hydrogen-bond donors (Lipinski definition) is 2. The standard InChI is InChI=1S/C19H27NO3/c1-2-3-4-14-5-7-15(8-6-14)13-18(21)20-17-11-9-16(10-12-17)19(22)23/h5-8,16-17H,2-4,9-13H2,1H3,(H,20,21)(H,22,23). The molecule has 126 valence electrons. The summed E-state index contributed by atoms with van der Waals surface area (Å²) in [6.45, 7) is 2.18. The van der Waals surface area contributed by atoms with Crippen molar-refractivity contribution in [1.29, 1.82) is 0 Å². The summed E-state index contributed by atoms with van der Waals surface area (Å²) in [5.74, 6) is -0.915. The summed E-state index contributed by atoms with van der Waals surface area (Å²) < 4.78 is 0. The highest BCUT2D eigenvalue weighted by atomic mass is 16.4. The Hall–Kier alpha value is -1.84. The number of benzene rings is 1. The summed E-state index contributed by atoms with van der Waals surface area (Å²) in [6, 6.07) is 8.41. The summed E-state index contributed by atoms with van der Waals surface area (Å²) in [4.78, 5) is 23.1. The first kappa shape index (κ1) is 17.5. The Kier molecular flexibility index (Phi) is 6.63. The maximum atomic E-state index is 12.1. The SMILES string of the molecule is CCCCc1ccc(CC(=O)NC2CCC(C(=O)O)CC2)cc1. The molecule has 1 aliphatic rings. The number of hydrogen-bond acceptors (Lipinski definition) is 2. The lowest BCUT2D eigenvalue weighted by atomic mass is 9.86. The zero-order valence-corrected chi connectivity index (χ0v) is 13.9. The van der Waals surface area contributed by atoms with Crippen LogP contribution in [0, 0.1) is 5.92 Å². The van der Waals surface area contributed by atoms with Gasteiger partial charge in [-0.1, -0.05) is 37.6 Å². The predicted molar refractivity (Wildman–Crippen MR) is 90.3 cm³/mol. The summed E-state index contributed by atoms with van der Waals surface area (Å²) in [6.07, 6.45) is 6.71. The van der Waals surface area contributed by atoms with Crippen molar-refractivity contribution in [3.8, 4) is 0 Å². The fourth-order valence-electron chi connectivity index (χ4n) is 3.15. The fourth-order valence-corrected chi connectivity index (χ4v) is 3.15. The monoisotopic (exact) mass is 317 g/mol. The van der Waals surface area contributed by atoms with Gasteiger partial charge in [0.2, 0.25) is 5.91 Å². The highest BCUT2D eigenvalue weighted by Crippen LogP contribution is 2.24. The lowest BCUT2D eigenvalue weighted by molar-refractivity contribution is -0.142. The van der Waals surface area contributed by atoms with Crippen LogP contribution in [0.25, 0.3) is 0 Å². The van der Waals surface area contributed by atoms with E-state index in [4.69, 9.17) is 5.11 Å². The van der Waals surface area contributed by atoms with E-state index in [2.05, 4.69) is 24.4 Å². The summed E-state index contributed by atoms with van der Waals surface area (Å²) in [5, 5.41) is 12.0. The lowest BCUT2D eigenvalue weighted by Gasteiger charge is -2.26. The highest BCUT2D eigenvalue weighted by molar-refractivity contribution is 5.79. The van der Waals surface area contributed by atoms with Crippen LogP contribution < -0.4 is 5.32 Å². The van der Waals surface area contributed by atoms with Crippen molar-refractivity contribution in [2.24, 2.45) is 5.92 Å². The number of amides is 1. The van der Waals surface area contributed by atoms with Crippen LogP contribution in [0.5, 0.6) is 0 Å². The minimum atomic E-state index is -0.710. The van der Waals surface area contributed by atoms with Crippen molar-refractivity contribution >= 4 is 11.9 Å². The van der Waals surface area contributed by atoms with E-state index < -0.39 is 5.97 Å². The number of aryl methyl sites for hydroxylation is 1.